The molecule has 0 fully saturated rings. The quantitative estimate of drug-likeness (QED) is 0.866. The second-order valence-electron chi connectivity index (χ2n) is 4.95. The number of carboxylic acids is 1. The maximum atomic E-state index is 12.4. The van der Waals surface area contributed by atoms with Gasteiger partial charge in [-0.2, -0.15) is 0 Å². The van der Waals surface area contributed by atoms with Crippen molar-refractivity contribution in [1.29, 1.82) is 0 Å². The molecule has 0 radical (unpaired) electrons. The Morgan fingerprint density at radius 2 is 1.95 bits per heavy atom. The smallest absolute Gasteiger partial charge is 0.323 e. The molecular formula is C15H21NO4. The van der Waals surface area contributed by atoms with E-state index in [-0.39, 0.29) is 18.5 Å². The lowest BCUT2D eigenvalue weighted by Gasteiger charge is -2.28. The molecule has 1 unspecified atom stereocenters. The Kier molecular flexibility index (Phi) is 5.55. The second-order valence-corrected chi connectivity index (χ2v) is 4.95. The van der Waals surface area contributed by atoms with E-state index in [0.29, 0.717) is 5.75 Å². The Labute approximate surface area is 119 Å². The van der Waals surface area contributed by atoms with Gasteiger partial charge in [-0.15, -0.1) is 0 Å². The van der Waals surface area contributed by atoms with Crippen molar-refractivity contribution < 1.29 is 19.4 Å². The molecule has 20 heavy (non-hydrogen) atoms. The molecule has 0 bridgehead atoms. The van der Waals surface area contributed by atoms with Crippen LogP contribution in [-0.2, 0) is 9.59 Å². The van der Waals surface area contributed by atoms with Crippen LogP contribution in [0.4, 0.5) is 0 Å². The number of aliphatic carboxylic acids is 1. The molecule has 1 rings (SSSR count). The van der Waals surface area contributed by atoms with Gasteiger partial charge in [0.05, 0.1) is 13.0 Å². The van der Waals surface area contributed by atoms with Gasteiger partial charge in [-0.05, 0) is 38.5 Å². The van der Waals surface area contributed by atoms with Crippen molar-refractivity contribution in [1.82, 2.24) is 4.90 Å². The van der Waals surface area contributed by atoms with Gasteiger partial charge in [0.15, 0.2) is 0 Å². The summed E-state index contributed by atoms with van der Waals surface area (Å²) in [6, 6.07) is 7.09. The fourth-order valence-corrected chi connectivity index (χ4v) is 1.96. The van der Waals surface area contributed by atoms with Crippen molar-refractivity contribution in [2.24, 2.45) is 0 Å². The van der Waals surface area contributed by atoms with Crippen LogP contribution in [0, 0.1) is 0 Å². The molecule has 1 aromatic rings. The van der Waals surface area contributed by atoms with Gasteiger partial charge < -0.3 is 14.7 Å². The van der Waals surface area contributed by atoms with Gasteiger partial charge in [0, 0.05) is 6.04 Å². The molecule has 0 aliphatic carbocycles. The van der Waals surface area contributed by atoms with Gasteiger partial charge in [0.1, 0.15) is 12.3 Å². The molecule has 1 N–H and O–H groups in total. The van der Waals surface area contributed by atoms with Crippen molar-refractivity contribution in [2.45, 2.75) is 32.7 Å². The largest absolute Gasteiger partial charge is 0.497 e. The standard InChI is InChI=1S/C15H21NO4/c1-10(2)16(9-14(17)18)15(19)11(3)12-6-5-7-13(8-12)20-4/h5-8,10-11H,9H2,1-4H3,(H,17,18). The number of benzene rings is 1. The number of hydrogen-bond donors (Lipinski definition) is 1. The van der Waals surface area contributed by atoms with Crippen LogP contribution in [0.1, 0.15) is 32.3 Å². The van der Waals surface area contributed by atoms with E-state index in [0.717, 1.165) is 5.56 Å². The Balaban J connectivity index is 2.95. The highest BCUT2D eigenvalue weighted by molar-refractivity contribution is 5.86. The lowest BCUT2D eigenvalue weighted by atomic mass is 9.99. The first-order valence-corrected chi connectivity index (χ1v) is 6.53. The van der Waals surface area contributed by atoms with Crippen LogP contribution in [0.15, 0.2) is 24.3 Å². The van der Waals surface area contributed by atoms with E-state index in [1.165, 1.54) is 4.90 Å². The molecule has 0 spiro atoms. The highest BCUT2D eigenvalue weighted by atomic mass is 16.5. The lowest BCUT2D eigenvalue weighted by Crippen LogP contribution is -2.42. The topological polar surface area (TPSA) is 66.8 Å². The summed E-state index contributed by atoms with van der Waals surface area (Å²) < 4.78 is 5.14. The lowest BCUT2D eigenvalue weighted by molar-refractivity contribution is -0.146. The molecule has 0 heterocycles. The van der Waals surface area contributed by atoms with Gasteiger partial charge in [-0.3, -0.25) is 9.59 Å². The number of nitrogens with zero attached hydrogens (tertiary/aromatic N) is 1. The number of hydrogen-bond acceptors (Lipinski definition) is 3. The fraction of sp³-hybridized carbons (Fsp3) is 0.467. The Hall–Kier alpha value is -2.04. The van der Waals surface area contributed by atoms with Crippen molar-refractivity contribution in [2.75, 3.05) is 13.7 Å². The third-order valence-electron chi connectivity index (χ3n) is 3.18. The van der Waals surface area contributed by atoms with Crippen LogP contribution >= 0.6 is 0 Å². The highest BCUT2D eigenvalue weighted by Gasteiger charge is 2.25. The zero-order valence-electron chi connectivity index (χ0n) is 12.3. The average Bonchev–Trinajstić information content (AvgIpc) is 2.42. The predicted molar refractivity (Wildman–Crippen MR) is 75.9 cm³/mol. The van der Waals surface area contributed by atoms with Gasteiger partial charge in [0.25, 0.3) is 0 Å². The van der Waals surface area contributed by atoms with Crippen LogP contribution < -0.4 is 4.74 Å². The normalized spacial score (nSPS) is 12.1. The maximum absolute atomic E-state index is 12.4. The van der Waals surface area contributed by atoms with Crippen molar-refractivity contribution in [3.8, 4) is 5.75 Å². The van der Waals surface area contributed by atoms with E-state index >= 15 is 0 Å². The summed E-state index contributed by atoms with van der Waals surface area (Å²) in [7, 11) is 1.57. The third-order valence-corrected chi connectivity index (χ3v) is 3.18. The number of ether oxygens (including phenoxy) is 1. The summed E-state index contributed by atoms with van der Waals surface area (Å²) in [6.07, 6.45) is 0. The molecule has 110 valence electrons. The summed E-state index contributed by atoms with van der Waals surface area (Å²) in [5.41, 5.74) is 0.811. The molecule has 0 aromatic heterocycles. The van der Waals surface area contributed by atoms with Crippen LogP contribution in [0.3, 0.4) is 0 Å². The minimum absolute atomic E-state index is 0.161. The Bertz CT molecular complexity index is 485. The summed E-state index contributed by atoms with van der Waals surface area (Å²) >= 11 is 0. The van der Waals surface area contributed by atoms with E-state index in [1.807, 2.05) is 12.1 Å². The predicted octanol–water partition coefficient (Wildman–Crippen LogP) is 2.12. The van der Waals surface area contributed by atoms with Gasteiger partial charge >= 0.3 is 5.97 Å². The minimum atomic E-state index is -1.01. The van der Waals surface area contributed by atoms with Gasteiger partial charge in [-0.25, -0.2) is 0 Å². The van der Waals surface area contributed by atoms with Crippen molar-refractivity contribution in [3.63, 3.8) is 0 Å². The first-order chi connectivity index (χ1) is 9.36. The number of carbonyl (C=O) groups is 2. The Morgan fingerprint density at radius 1 is 1.30 bits per heavy atom. The SMILES string of the molecule is COc1cccc(C(C)C(=O)N(CC(=O)O)C(C)C)c1. The van der Waals surface area contributed by atoms with Gasteiger partial charge in [0.2, 0.25) is 5.91 Å². The van der Waals surface area contributed by atoms with E-state index in [9.17, 15) is 9.59 Å². The average molecular weight is 279 g/mol. The number of carboxylic acid groups (broad SMARTS) is 1. The van der Waals surface area contributed by atoms with Crippen LogP contribution in [0.5, 0.6) is 5.75 Å². The van der Waals surface area contributed by atoms with E-state index in [1.54, 1.807) is 40.0 Å². The summed E-state index contributed by atoms with van der Waals surface area (Å²) in [4.78, 5) is 24.7. The molecule has 1 amide bonds. The van der Waals surface area contributed by atoms with Crippen molar-refractivity contribution in [3.05, 3.63) is 29.8 Å². The molecule has 0 saturated heterocycles. The van der Waals surface area contributed by atoms with E-state index < -0.39 is 11.9 Å². The number of amides is 1. The van der Waals surface area contributed by atoms with Gasteiger partial charge in [-0.1, -0.05) is 12.1 Å². The Morgan fingerprint density at radius 3 is 2.45 bits per heavy atom. The summed E-state index contributed by atoms with van der Waals surface area (Å²) in [6.45, 7) is 5.09. The molecule has 5 nitrogen and oxygen atoms in total. The molecular weight excluding hydrogens is 258 g/mol. The third kappa shape index (κ3) is 3.98. The van der Waals surface area contributed by atoms with Crippen LogP contribution in [-0.4, -0.2) is 41.6 Å². The summed E-state index contributed by atoms with van der Waals surface area (Å²) in [5, 5.41) is 8.90. The number of methoxy groups -OCH3 is 1. The summed E-state index contributed by atoms with van der Waals surface area (Å²) in [5.74, 6) is -0.941. The molecule has 0 saturated carbocycles. The zero-order valence-corrected chi connectivity index (χ0v) is 12.3. The maximum Gasteiger partial charge on any atom is 0.323 e. The van der Waals surface area contributed by atoms with E-state index in [2.05, 4.69) is 0 Å². The molecule has 5 heteroatoms. The molecule has 0 aliphatic heterocycles. The fourth-order valence-electron chi connectivity index (χ4n) is 1.96. The number of rotatable bonds is 6. The molecule has 1 aromatic carbocycles. The zero-order chi connectivity index (χ0) is 15.3. The van der Waals surface area contributed by atoms with Crippen molar-refractivity contribution >= 4 is 11.9 Å². The monoisotopic (exact) mass is 279 g/mol. The van der Waals surface area contributed by atoms with E-state index in [4.69, 9.17) is 9.84 Å². The van der Waals surface area contributed by atoms with Crippen LogP contribution in [0.2, 0.25) is 0 Å². The number of carbonyl (C=O) groups excluding carboxylic acids is 1. The first kappa shape index (κ1) is 16.0. The second kappa shape index (κ2) is 6.93. The minimum Gasteiger partial charge on any atom is -0.497 e. The molecule has 0 aliphatic rings. The first-order valence-electron chi connectivity index (χ1n) is 6.53. The molecule has 1 atom stereocenters. The highest BCUT2D eigenvalue weighted by Crippen LogP contribution is 2.23. The van der Waals surface area contributed by atoms with Crippen LogP contribution in [0.25, 0.3) is 0 Å².